The van der Waals surface area contributed by atoms with Crippen molar-refractivity contribution in [3.63, 3.8) is 0 Å². The largest absolute Gasteiger partial charge is 0.493 e. The van der Waals surface area contributed by atoms with Gasteiger partial charge in [-0.25, -0.2) is 0 Å². The second-order valence-electron chi connectivity index (χ2n) is 5.30. The van der Waals surface area contributed by atoms with Crippen LogP contribution in [0.5, 0.6) is 11.5 Å². The molecule has 2 amide bonds. The van der Waals surface area contributed by atoms with Gasteiger partial charge in [0.15, 0.2) is 23.2 Å². The second-order valence-corrected chi connectivity index (χ2v) is 5.66. The maximum Gasteiger partial charge on any atom is 0.265 e. The number of likely N-dealkylation sites (N-methyl/N-ethyl adjacent to an activating group) is 2. The van der Waals surface area contributed by atoms with Crippen molar-refractivity contribution in [2.24, 2.45) is 0 Å². The fourth-order valence-electron chi connectivity index (χ4n) is 2.55. The number of methoxy groups -OCH3 is 1. The van der Waals surface area contributed by atoms with E-state index in [0.717, 1.165) is 0 Å². The molecule has 1 aliphatic rings. The topological polar surface area (TPSA) is 82.9 Å². The van der Waals surface area contributed by atoms with Gasteiger partial charge in [-0.05, 0) is 49.8 Å². The first-order valence-corrected chi connectivity index (χ1v) is 8.46. The highest BCUT2D eigenvalue weighted by Gasteiger charge is 2.37. The smallest absolute Gasteiger partial charge is 0.265 e. The van der Waals surface area contributed by atoms with Gasteiger partial charge in [0, 0.05) is 13.1 Å². The Morgan fingerprint density at radius 3 is 2.27 bits per heavy atom. The summed E-state index contributed by atoms with van der Waals surface area (Å²) in [5, 5.41) is 8.84. The third-order valence-corrected chi connectivity index (χ3v) is 4.28. The minimum absolute atomic E-state index is 0.0371. The quantitative estimate of drug-likeness (QED) is 0.431. The van der Waals surface area contributed by atoms with E-state index < -0.39 is 11.8 Å². The molecule has 1 aromatic carbocycles. The molecule has 8 heteroatoms. The van der Waals surface area contributed by atoms with Crippen LogP contribution in [0.3, 0.4) is 0 Å². The number of benzene rings is 1. The monoisotopic (exact) mass is 373 g/mol. The van der Waals surface area contributed by atoms with Gasteiger partial charge in [-0.2, -0.15) is 5.26 Å². The first kappa shape index (κ1) is 19.4. The Morgan fingerprint density at radius 2 is 1.77 bits per heavy atom. The van der Waals surface area contributed by atoms with E-state index in [-0.39, 0.29) is 17.3 Å². The lowest BCUT2D eigenvalue weighted by Crippen LogP contribution is -2.55. The molecule has 0 atom stereocenters. The van der Waals surface area contributed by atoms with Crippen LogP contribution in [-0.4, -0.2) is 53.5 Å². The molecule has 0 unspecified atom stereocenters. The Labute approximate surface area is 157 Å². The van der Waals surface area contributed by atoms with Gasteiger partial charge in [-0.3, -0.25) is 19.4 Å². The van der Waals surface area contributed by atoms with Gasteiger partial charge in [-0.1, -0.05) is 6.07 Å². The maximum absolute atomic E-state index is 12.6. The highest BCUT2D eigenvalue weighted by atomic mass is 32.1. The van der Waals surface area contributed by atoms with E-state index in [2.05, 4.69) is 0 Å². The van der Waals surface area contributed by atoms with Gasteiger partial charge in [0.25, 0.3) is 11.8 Å². The van der Waals surface area contributed by atoms with E-state index in [0.29, 0.717) is 30.2 Å². The molecule has 2 rings (SSSR count). The van der Waals surface area contributed by atoms with E-state index >= 15 is 0 Å². The third kappa shape index (κ3) is 3.68. The zero-order valence-corrected chi connectivity index (χ0v) is 15.6. The maximum atomic E-state index is 12.6. The molecule has 1 heterocycles. The van der Waals surface area contributed by atoms with Crippen LogP contribution in [0, 0.1) is 11.3 Å². The van der Waals surface area contributed by atoms with Crippen LogP contribution >= 0.6 is 12.2 Å². The summed E-state index contributed by atoms with van der Waals surface area (Å²) in [4.78, 5) is 28.1. The lowest BCUT2D eigenvalue weighted by Gasteiger charge is -2.35. The second kappa shape index (κ2) is 8.45. The first-order chi connectivity index (χ1) is 12.5. The van der Waals surface area contributed by atoms with Gasteiger partial charge < -0.3 is 9.47 Å². The Bertz CT molecular complexity index is 785. The molecule has 26 heavy (non-hydrogen) atoms. The van der Waals surface area contributed by atoms with Crippen molar-refractivity contribution in [2.75, 3.05) is 26.8 Å². The van der Waals surface area contributed by atoms with Crippen molar-refractivity contribution in [3.8, 4) is 17.6 Å². The molecule has 0 saturated carbocycles. The molecule has 0 N–H and O–H groups in total. The predicted octanol–water partition coefficient (Wildman–Crippen LogP) is 1.98. The Kier molecular flexibility index (Phi) is 6.31. The average Bonchev–Trinajstić information content (AvgIpc) is 2.64. The minimum Gasteiger partial charge on any atom is -0.493 e. The highest BCUT2D eigenvalue weighted by molar-refractivity contribution is 7.80. The number of hydrogen-bond acceptors (Lipinski definition) is 6. The molecule has 0 aromatic heterocycles. The van der Waals surface area contributed by atoms with Gasteiger partial charge >= 0.3 is 0 Å². The zero-order chi connectivity index (χ0) is 19.3. The van der Waals surface area contributed by atoms with Gasteiger partial charge in [0.05, 0.1) is 7.11 Å². The summed E-state index contributed by atoms with van der Waals surface area (Å²) in [7, 11) is 1.47. The van der Waals surface area contributed by atoms with Crippen molar-refractivity contribution >= 4 is 35.2 Å². The molecular formula is C18H19N3O4S. The van der Waals surface area contributed by atoms with E-state index in [9.17, 15) is 9.59 Å². The number of thiocarbonyl (C=S) groups is 1. The molecule has 0 radical (unpaired) electrons. The molecule has 7 nitrogen and oxygen atoms in total. The summed E-state index contributed by atoms with van der Waals surface area (Å²) in [5.41, 5.74) is 0.637. The number of carbonyl (C=O) groups excluding carboxylic acids is 2. The molecule has 0 bridgehead atoms. The van der Waals surface area contributed by atoms with Gasteiger partial charge in [0.1, 0.15) is 11.6 Å². The molecule has 1 aromatic rings. The number of nitriles is 1. The normalized spacial score (nSPS) is 14.4. The van der Waals surface area contributed by atoms with E-state index in [1.165, 1.54) is 23.0 Å². The minimum atomic E-state index is -0.420. The first-order valence-electron chi connectivity index (χ1n) is 8.05. The van der Waals surface area contributed by atoms with Crippen LogP contribution in [0.4, 0.5) is 0 Å². The van der Waals surface area contributed by atoms with Gasteiger partial charge in [-0.15, -0.1) is 0 Å². The van der Waals surface area contributed by atoms with Crippen molar-refractivity contribution in [3.05, 3.63) is 29.3 Å². The summed E-state index contributed by atoms with van der Waals surface area (Å²) in [6, 6.07) is 6.83. The molecule has 1 aliphatic heterocycles. The van der Waals surface area contributed by atoms with Crippen molar-refractivity contribution in [1.29, 1.82) is 5.26 Å². The highest BCUT2D eigenvalue weighted by Crippen LogP contribution is 2.29. The number of carbonyl (C=O) groups is 2. The summed E-state index contributed by atoms with van der Waals surface area (Å²) in [6.07, 6.45) is 1.51. The Hall–Kier alpha value is -2.92. The molecule has 0 spiro atoms. The predicted molar refractivity (Wildman–Crippen MR) is 99.5 cm³/mol. The molecule has 0 aliphatic carbocycles. The fraction of sp³-hybridized carbons (Fsp3) is 0.333. The molecule has 1 fully saturated rings. The average molecular weight is 373 g/mol. The lowest BCUT2D eigenvalue weighted by atomic mass is 10.1. The third-order valence-electron chi connectivity index (χ3n) is 3.84. The Morgan fingerprint density at radius 1 is 1.15 bits per heavy atom. The van der Waals surface area contributed by atoms with Crippen molar-refractivity contribution in [2.45, 2.75) is 13.8 Å². The van der Waals surface area contributed by atoms with Crippen LogP contribution in [-0.2, 0) is 9.59 Å². The molecule has 136 valence electrons. The number of amides is 2. The van der Waals surface area contributed by atoms with Crippen molar-refractivity contribution < 1.29 is 19.1 Å². The van der Waals surface area contributed by atoms with Crippen LogP contribution in [0.2, 0.25) is 0 Å². The van der Waals surface area contributed by atoms with Gasteiger partial charge in [0.2, 0.25) is 0 Å². The summed E-state index contributed by atoms with van der Waals surface area (Å²) < 4.78 is 10.5. The summed E-state index contributed by atoms with van der Waals surface area (Å²) in [5.74, 6) is -0.0310. The Balaban J connectivity index is 2.43. The number of ether oxygens (including phenoxy) is 2. The van der Waals surface area contributed by atoms with E-state index in [1.807, 2.05) is 6.07 Å². The van der Waals surface area contributed by atoms with Crippen LogP contribution in [0.1, 0.15) is 19.4 Å². The van der Waals surface area contributed by atoms with Crippen molar-refractivity contribution in [1.82, 2.24) is 9.80 Å². The van der Waals surface area contributed by atoms with E-state index in [4.69, 9.17) is 27.0 Å². The number of hydrogen-bond donors (Lipinski definition) is 0. The fourth-order valence-corrected chi connectivity index (χ4v) is 2.98. The van der Waals surface area contributed by atoms with E-state index in [1.54, 1.807) is 32.0 Å². The van der Waals surface area contributed by atoms with Crippen LogP contribution in [0.15, 0.2) is 23.8 Å². The lowest BCUT2D eigenvalue weighted by molar-refractivity contribution is -0.133. The molecular weight excluding hydrogens is 354 g/mol. The zero-order valence-electron chi connectivity index (χ0n) is 14.8. The van der Waals surface area contributed by atoms with Crippen LogP contribution < -0.4 is 9.47 Å². The van der Waals surface area contributed by atoms with Crippen LogP contribution in [0.25, 0.3) is 6.08 Å². The molecule has 1 saturated heterocycles. The summed E-state index contributed by atoms with van der Waals surface area (Å²) in [6.45, 7) is 4.25. The summed E-state index contributed by atoms with van der Waals surface area (Å²) >= 11 is 5.24. The number of nitrogens with zero attached hydrogens (tertiary/aromatic N) is 3. The number of rotatable bonds is 6. The standard InChI is InChI=1S/C18H19N3O4S/c1-4-20-16(22)13(17(23)21(5-2)18(20)26)10-12-6-7-14(25-9-8-19)15(11-12)24-3/h6-7,10-11H,4-5,9H2,1-3H3. The SMILES string of the molecule is CCN1C(=O)C(=Cc2ccc(OCC#N)c(OC)c2)C(=O)N(CC)C1=S.